The number of carboxylic acids is 1. The average molecular weight is 295 g/mol. The molecule has 1 unspecified atom stereocenters. The summed E-state index contributed by atoms with van der Waals surface area (Å²) >= 11 is 1.92. The van der Waals surface area contributed by atoms with Crippen LogP contribution in [0.15, 0.2) is 24.3 Å². The molecule has 0 aliphatic rings. The topological polar surface area (TPSA) is 49.3 Å². The number of rotatable bonds is 9. The Balaban J connectivity index is 2.20. The summed E-state index contributed by atoms with van der Waals surface area (Å²) in [5.74, 6) is 1.34. The van der Waals surface area contributed by atoms with E-state index in [1.807, 2.05) is 11.8 Å². The fourth-order valence-electron chi connectivity index (χ4n) is 1.98. The van der Waals surface area contributed by atoms with Crippen molar-refractivity contribution < 1.29 is 9.90 Å². The molecule has 0 saturated carbocycles. The highest BCUT2D eigenvalue weighted by Gasteiger charge is 2.29. The number of carboxylic acid groups (broad SMARTS) is 1. The van der Waals surface area contributed by atoms with Gasteiger partial charge in [-0.3, -0.25) is 4.79 Å². The molecule has 3 nitrogen and oxygen atoms in total. The number of thioether (sulfide) groups is 1. The first-order chi connectivity index (χ1) is 9.49. The number of nitrogens with one attached hydrogen (secondary N) is 1. The second-order valence-corrected chi connectivity index (χ2v) is 6.43. The Labute approximate surface area is 126 Å². The van der Waals surface area contributed by atoms with Crippen LogP contribution in [0.25, 0.3) is 0 Å². The number of aryl methyl sites for hydroxylation is 1. The fourth-order valence-corrected chi connectivity index (χ4v) is 3.07. The third kappa shape index (κ3) is 5.17. The predicted octanol–water partition coefficient (Wildman–Crippen LogP) is 3.46. The summed E-state index contributed by atoms with van der Waals surface area (Å²) in [5, 5.41) is 12.0. The Morgan fingerprint density at radius 1 is 1.35 bits per heavy atom. The summed E-state index contributed by atoms with van der Waals surface area (Å²) in [6.45, 7) is 3.89. The van der Waals surface area contributed by atoms with Crippen LogP contribution < -0.4 is 5.32 Å². The molecule has 0 amide bonds. The molecular formula is C16H25NO2S. The summed E-state index contributed by atoms with van der Waals surface area (Å²) in [6.07, 6.45) is 2.66. The molecule has 20 heavy (non-hydrogen) atoms. The highest BCUT2D eigenvalue weighted by Crippen LogP contribution is 2.19. The van der Waals surface area contributed by atoms with Gasteiger partial charge in [-0.25, -0.2) is 0 Å². The van der Waals surface area contributed by atoms with E-state index < -0.39 is 11.5 Å². The van der Waals surface area contributed by atoms with Gasteiger partial charge in [0.2, 0.25) is 0 Å². The van der Waals surface area contributed by atoms with Gasteiger partial charge in [0.25, 0.3) is 0 Å². The van der Waals surface area contributed by atoms with Crippen LogP contribution in [0.5, 0.6) is 0 Å². The minimum atomic E-state index is -0.791. The van der Waals surface area contributed by atoms with Crippen LogP contribution in [0.4, 0.5) is 0 Å². The predicted molar refractivity (Wildman–Crippen MR) is 86.3 cm³/mol. The van der Waals surface area contributed by atoms with Gasteiger partial charge in [0.05, 0.1) is 0 Å². The SMILES string of the molecule is CNC(C)(CCCCSCc1ccccc1C)C(=O)O. The van der Waals surface area contributed by atoms with Gasteiger partial charge in [0.1, 0.15) is 5.54 Å². The van der Waals surface area contributed by atoms with Gasteiger partial charge in [-0.05, 0) is 50.6 Å². The molecule has 0 aliphatic heterocycles. The number of carbonyl (C=O) groups is 1. The van der Waals surface area contributed by atoms with Crippen molar-refractivity contribution >= 4 is 17.7 Å². The quantitative estimate of drug-likeness (QED) is 0.685. The van der Waals surface area contributed by atoms with Crippen molar-refractivity contribution in [1.82, 2.24) is 5.32 Å². The van der Waals surface area contributed by atoms with E-state index in [1.54, 1.807) is 14.0 Å². The van der Waals surface area contributed by atoms with E-state index in [-0.39, 0.29) is 0 Å². The molecule has 0 heterocycles. The van der Waals surface area contributed by atoms with Gasteiger partial charge >= 0.3 is 5.97 Å². The lowest BCUT2D eigenvalue weighted by atomic mass is 9.95. The molecule has 1 aromatic carbocycles. The largest absolute Gasteiger partial charge is 0.480 e. The number of likely N-dealkylation sites (N-methyl/N-ethyl adjacent to an activating group) is 1. The van der Waals surface area contributed by atoms with Gasteiger partial charge in [-0.1, -0.05) is 30.7 Å². The lowest BCUT2D eigenvalue weighted by Crippen LogP contribution is -2.47. The second-order valence-electron chi connectivity index (χ2n) is 5.32. The molecule has 0 aliphatic carbocycles. The molecule has 0 bridgehead atoms. The minimum Gasteiger partial charge on any atom is -0.480 e. The standard InChI is InChI=1S/C16H25NO2S/c1-13-8-4-5-9-14(13)12-20-11-7-6-10-16(2,17-3)15(18)19/h4-5,8-9,17H,6-7,10-12H2,1-3H3,(H,18,19). The van der Waals surface area contributed by atoms with E-state index in [2.05, 4.69) is 36.5 Å². The van der Waals surface area contributed by atoms with Crippen molar-refractivity contribution in [2.24, 2.45) is 0 Å². The Morgan fingerprint density at radius 2 is 2.05 bits per heavy atom. The number of benzene rings is 1. The van der Waals surface area contributed by atoms with Crippen LogP contribution in [-0.4, -0.2) is 29.4 Å². The summed E-state index contributed by atoms with van der Waals surface area (Å²) in [6, 6.07) is 8.45. The molecule has 0 aromatic heterocycles. The molecule has 2 N–H and O–H groups in total. The molecule has 4 heteroatoms. The molecule has 1 aromatic rings. The van der Waals surface area contributed by atoms with Crippen molar-refractivity contribution in [3.8, 4) is 0 Å². The Bertz CT molecular complexity index is 436. The van der Waals surface area contributed by atoms with Gasteiger partial charge in [0.15, 0.2) is 0 Å². The summed E-state index contributed by atoms with van der Waals surface area (Å²) in [7, 11) is 1.71. The third-order valence-electron chi connectivity index (χ3n) is 3.76. The van der Waals surface area contributed by atoms with E-state index in [0.717, 1.165) is 24.3 Å². The van der Waals surface area contributed by atoms with E-state index >= 15 is 0 Å². The zero-order valence-electron chi connectivity index (χ0n) is 12.6. The molecule has 1 atom stereocenters. The lowest BCUT2D eigenvalue weighted by molar-refractivity contribution is -0.144. The fraction of sp³-hybridized carbons (Fsp3) is 0.562. The third-order valence-corrected chi connectivity index (χ3v) is 4.85. The van der Waals surface area contributed by atoms with Gasteiger partial charge in [0, 0.05) is 5.75 Å². The van der Waals surface area contributed by atoms with Gasteiger partial charge in [-0.15, -0.1) is 0 Å². The maximum atomic E-state index is 11.1. The van der Waals surface area contributed by atoms with Gasteiger partial charge in [-0.2, -0.15) is 11.8 Å². The first kappa shape index (κ1) is 17.1. The van der Waals surface area contributed by atoms with E-state index in [1.165, 1.54) is 11.1 Å². The zero-order chi connectivity index (χ0) is 15.0. The van der Waals surface area contributed by atoms with Crippen LogP contribution in [0.2, 0.25) is 0 Å². The van der Waals surface area contributed by atoms with Crippen LogP contribution in [0.1, 0.15) is 37.3 Å². The Kier molecular flexibility index (Phi) is 7.10. The number of hydrogen-bond donors (Lipinski definition) is 2. The average Bonchev–Trinajstić information content (AvgIpc) is 2.44. The normalized spacial score (nSPS) is 13.9. The molecule has 112 valence electrons. The van der Waals surface area contributed by atoms with Crippen molar-refractivity contribution in [2.45, 2.75) is 44.4 Å². The number of unbranched alkanes of at least 4 members (excludes halogenated alkanes) is 1. The van der Waals surface area contributed by atoms with E-state index in [9.17, 15) is 4.79 Å². The first-order valence-electron chi connectivity index (χ1n) is 7.04. The molecule has 0 fully saturated rings. The first-order valence-corrected chi connectivity index (χ1v) is 8.19. The monoisotopic (exact) mass is 295 g/mol. The Hall–Kier alpha value is -1.00. The second kappa shape index (κ2) is 8.32. The minimum absolute atomic E-state index is 0.670. The van der Waals surface area contributed by atoms with Crippen LogP contribution in [0, 0.1) is 6.92 Å². The van der Waals surface area contributed by atoms with E-state index in [4.69, 9.17) is 5.11 Å². The van der Waals surface area contributed by atoms with Crippen molar-refractivity contribution in [2.75, 3.05) is 12.8 Å². The van der Waals surface area contributed by atoms with Crippen LogP contribution >= 0.6 is 11.8 Å². The molecule has 1 rings (SSSR count). The summed E-state index contributed by atoms with van der Waals surface area (Å²) < 4.78 is 0. The maximum Gasteiger partial charge on any atom is 0.323 e. The highest BCUT2D eigenvalue weighted by atomic mass is 32.2. The van der Waals surface area contributed by atoms with E-state index in [0.29, 0.717) is 6.42 Å². The number of hydrogen-bond acceptors (Lipinski definition) is 3. The summed E-state index contributed by atoms with van der Waals surface area (Å²) in [5.41, 5.74) is 1.94. The maximum absolute atomic E-state index is 11.1. The Morgan fingerprint density at radius 3 is 2.65 bits per heavy atom. The van der Waals surface area contributed by atoms with Crippen molar-refractivity contribution in [1.29, 1.82) is 0 Å². The smallest absolute Gasteiger partial charge is 0.323 e. The molecule has 0 spiro atoms. The molecule has 0 radical (unpaired) electrons. The van der Waals surface area contributed by atoms with Crippen molar-refractivity contribution in [3.05, 3.63) is 35.4 Å². The van der Waals surface area contributed by atoms with Crippen LogP contribution in [0.3, 0.4) is 0 Å². The lowest BCUT2D eigenvalue weighted by Gasteiger charge is -2.23. The molecule has 0 saturated heterocycles. The van der Waals surface area contributed by atoms with Crippen molar-refractivity contribution in [3.63, 3.8) is 0 Å². The van der Waals surface area contributed by atoms with Gasteiger partial charge < -0.3 is 10.4 Å². The zero-order valence-corrected chi connectivity index (χ0v) is 13.4. The number of aliphatic carboxylic acids is 1. The summed E-state index contributed by atoms with van der Waals surface area (Å²) in [4.78, 5) is 11.1. The molecular weight excluding hydrogens is 270 g/mol. The van der Waals surface area contributed by atoms with Crippen LogP contribution in [-0.2, 0) is 10.5 Å². The highest BCUT2D eigenvalue weighted by molar-refractivity contribution is 7.98.